The van der Waals surface area contributed by atoms with E-state index in [1.54, 1.807) is 0 Å². The summed E-state index contributed by atoms with van der Waals surface area (Å²) in [4.78, 5) is 0. The molecular weight excluding hydrogens is 168 g/mol. The Kier molecular flexibility index (Phi) is 4.18. The van der Waals surface area contributed by atoms with E-state index in [-0.39, 0.29) is 0 Å². The molecule has 0 aliphatic rings. The van der Waals surface area contributed by atoms with Crippen molar-refractivity contribution >= 4 is 6.08 Å². The van der Waals surface area contributed by atoms with Gasteiger partial charge in [0.2, 0.25) is 0 Å². The van der Waals surface area contributed by atoms with Gasteiger partial charge in [-0.15, -0.1) is 6.58 Å². The fourth-order valence-electron chi connectivity index (χ4n) is 1.49. The smallest absolute Gasteiger partial charge is 0.0198 e. The van der Waals surface area contributed by atoms with Crippen LogP contribution in [-0.2, 0) is 6.42 Å². The molecule has 1 rings (SSSR count). The second kappa shape index (κ2) is 5.43. The molecule has 0 heteroatoms. The first kappa shape index (κ1) is 10.8. The van der Waals surface area contributed by atoms with E-state index in [1.807, 2.05) is 12.2 Å². The van der Waals surface area contributed by atoms with Gasteiger partial charge in [-0.1, -0.05) is 49.9 Å². The number of allylic oxidation sites excluding steroid dienone is 1. The van der Waals surface area contributed by atoms with E-state index in [2.05, 4.69) is 44.3 Å². The van der Waals surface area contributed by atoms with Gasteiger partial charge in [-0.25, -0.2) is 0 Å². The van der Waals surface area contributed by atoms with E-state index in [4.69, 9.17) is 0 Å². The van der Waals surface area contributed by atoms with Crippen LogP contribution in [0.4, 0.5) is 0 Å². The highest BCUT2D eigenvalue weighted by molar-refractivity contribution is 5.47. The maximum atomic E-state index is 3.85. The van der Waals surface area contributed by atoms with E-state index < -0.39 is 0 Å². The Hall–Kier alpha value is -1.30. The maximum absolute atomic E-state index is 3.85. The standard InChI is InChI=1S/C14H18/c1-4-12(5-2)11-14-9-7-13(6-3)8-10-14/h4,6-10,12H,1,3,5,11H2,2H3. The molecule has 1 unspecified atom stereocenters. The Morgan fingerprint density at radius 2 is 1.86 bits per heavy atom. The maximum Gasteiger partial charge on any atom is -0.0198 e. The van der Waals surface area contributed by atoms with Crippen LogP contribution in [0.3, 0.4) is 0 Å². The Labute approximate surface area is 87.0 Å². The first-order valence-electron chi connectivity index (χ1n) is 5.14. The zero-order chi connectivity index (χ0) is 10.4. The van der Waals surface area contributed by atoms with Gasteiger partial charge in [0.15, 0.2) is 0 Å². The molecule has 0 spiro atoms. The summed E-state index contributed by atoms with van der Waals surface area (Å²) in [6.07, 6.45) is 6.17. The molecule has 0 bridgehead atoms. The molecule has 74 valence electrons. The molecule has 0 saturated heterocycles. The van der Waals surface area contributed by atoms with Crippen molar-refractivity contribution in [2.75, 3.05) is 0 Å². The summed E-state index contributed by atoms with van der Waals surface area (Å²) in [7, 11) is 0. The van der Waals surface area contributed by atoms with Crippen LogP contribution in [0.1, 0.15) is 24.5 Å². The van der Waals surface area contributed by atoms with Gasteiger partial charge in [-0.05, 0) is 29.9 Å². The SMILES string of the molecule is C=Cc1ccc(CC(C=C)CC)cc1. The van der Waals surface area contributed by atoms with Gasteiger partial charge in [0.25, 0.3) is 0 Å². The molecule has 1 atom stereocenters. The zero-order valence-electron chi connectivity index (χ0n) is 8.87. The van der Waals surface area contributed by atoms with Crippen molar-refractivity contribution in [1.82, 2.24) is 0 Å². The lowest BCUT2D eigenvalue weighted by Gasteiger charge is -2.09. The molecule has 0 aromatic heterocycles. The summed E-state index contributed by atoms with van der Waals surface area (Å²) in [6, 6.07) is 8.56. The molecule has 14 heavy (non-hydrogen) atoms. The third-order valence-corrected chi connectivity index (χ3v) is 2.57. The predicted octanol–water partition coefficient (Wildman–Crippen LogP) is 4.08. The van der Waals surface area contributed by atoms with Crippen molar-refractivity contribution in [3.63, 3.8) is 0 Å². The quantitative estimate of drug-likeness (QED) is 0.608. The van der Waals surface area contributed by atoms with Gasteiger partial charge >= 0.3 is 0 Å². The number of hydrogen-bond donors (Lipinski definition) is 0. The molecule has 0 nitrogen and oxygen atoms in total. The fourth-order valence-corrected chi connectivity index (χ4v) is 1.49. The van der Waals surface area contributed by atoms with Gasteiger partial charge in [0.05, 0.1) is 0 Å². The van der Waals surface area contributed by atoms with Gasteiger partial charge in [0, 0.05) is 0 Å². The van der Waals surface area contributed by atoms with Crippen molar-refractivity contribution in [3.8, 4) is 0 Å². The average molecular weight is 186 g/mol. The van der Waals surface area contributed by atoms with Crippen LogP contribution in [0.2, 0.25) is 0 Å². The van der Waals surface area contributed by atoms with E-state index in [0.717, 1.165) is 12.8 Å². The lowest BCUT2D eigenvalue weighted by molar-refractivity contribution is 0.626. The lowest BCUT2D eigenvalue weighted by Crippen LogP contribution is -1.98. The topological polar surface area (TPSA) is 0 Å². The van der Waals surface area contributed by atoms with E-state index in [1.165, 1.54) is 11.1 Å². The molecule has 0 aliphatic heterocycles. The molecule has 0 saturated carbocycles. The first-order valence-corrected chi connectivity index (χ1v) is 5.14. The summed E-state index contributed by atoms with van der Waals surface area (Å²) >= 11 is 0. The molecule has 1 aromatic rings. The van der Waals surface area contributed by atoms with Crippen LogP contribution in [0, 0.1) is 5.92 Å². The Bertz CT molecular complexity index is 292. The van der Waals surface area contributed by atoms with Crippen molar-refractivity contribution < 1.29 is 0 Å². The second-order valence-corrected chi connectivity index (χ2v) is 3.55. The first-order chi connectivity index (χ1) is 6.80. The van der Waals surface area contributed by atoms with Crippen LogP contribution in [0.15, 0.2) is 43.5 Å². The molecule has 0 N–H and O–H groups in total. The van der Waals surface area contributed by atoms with E-state index >= 15 is 0 Å². The predicted molar refractivity (Wildman–Crippen MR) is 64.2 cm³/mol. The summed E-state index contributed by atoms with van der Waals surface area (Å²) in [5.41, 5.74) is 2.56. The minimum absolute atomic E-state index is 0.601. The van der Waals surface area contributed by atoms with Crippen LogP contribution in [-0.4, -0.2) is 0 Å². The van der Waals surface area contributed by atoms with Crippen molar-refractivity contribution in [2.24, 2.45) is 5.92 Å². The van der Waals surface area contributed by atoms with E-state index in [9.17, 15) is 0 Å². The largest absolute Gasteiger partial charge is 0.103 e. The number of benzene rings is 1. The number of hydrogen-bond acceptors (Lipinski definition) is 0. The molecule has 0 radical (unpaired) electrons. The monoisotopic (exact) mass is 186 g/mol. The van der Waals surface area contributed by atoms with Gasteiger partial charge < -0.3 is 0 Å². The van der Waals surface area contributed by atoms with Crippen LogP contribution in [0.5, 0.6) is 0 Å². The summed E-state index contributed by atoms with van der Waals surface area (Å²) in [6.45, 7) is 9.78. The summed E-state index contributed by atoms with van der Waals surface area (Å²) < 4.78 is 0. The summed E-state index contributed by atoms with van der Waals surface area (Å²) in [5, 5.41) is 0. The van der Waals surface area contributed by atoms with Crippen LogP contribution >= 0.6 is 0 Å². The van der Waals surface area contributed by atoms with Crippen LogP contribution in [0.25, 0.3) is 6.08 Å². The van der Waals surface area contributed by atoms with E-state index in [0.29, 0.717) is 5.92 Å². The van der Waals surface area contributed by atoms with Gasteiger partial charge in [0.1, 0.15) is 0 Å². The van der Waals surface area contributed by atoms with Gasteiger partial charge in [-0.3, -0.25) is 0 Å². The average Bonchev–Trinajstić information content (AvgIpc) is 2.26. The summed E-state index contributed by atoms with van der Waals surface area (Å²) in [5.74, 6) is 0.601. The third-order valence-electron chi connectivity index (χ3n) is 2.57. The normalized spacial score (nSPS) is 12.1. The lowest BCUT2D eigenvalue weighted by atomic mass is 9.96. The van der Waals surface area contributed by atoms with Crippen molar-refractivity contribution in [3.05, 3.63) is 54.6 Å². The van der Waals surface area contributed by atoms with Crippen LogP contribution < -0.4 is 0 Å². The molecular formula is C14H18. The highest BCUT2D eigenvalue weighted by Gasteiger charge is 2.01. The second-order valence-electron chi connectivity index (χ2n) is 3.55. The zero-order valence-corrected chi connectivity index (χ0v) is 8.87. The molecule has 0 fully saturated rings. The van der Waals surface area contributed by atoms with Crippen molar-refractivity contribution in [2.45, 2.75) is 19.8 Å². The molecule has 0 heterocycles. The Morgan fingerprint density at radius 3 is 2.29 bits per heavy atom. The number of rotatable bonds is 5. The molecule has 0 aliphatic carbocycles. The van der Waals surface area contributed by atoms with Crippen molar-refractivity contribution in [1.29, 1.82) is 0 Å². The minimum atomic E-state index is 0.601. The third kappa shape index (κ3) is 2.88. The molecule has 1 aromatic carbocycles. The Morgan fingerprint density at radius 1 is 1.21 bits per heavy atom. The minimum Gasteiger partial charge on any atom is -0.103 e. The highest BCUT2D eigenvalue weighted by atomic mass is 14.1. The fraction of sp³-hybridized carbons (Fsp3) is 0.286. The Balaban J connectivity index is 2.67. The highest BCUT2D eigenvalue weighted by Crippen LogP contribution is 2.14. The van der Waals surface area contributed by atoms with Gasteiger partial charge in [-0.2, -0.15) is 0 Å². The molecule has 0 amide bonds.